The van der Waals surface area contributed by atoms with Crippen LogP contribution in [0.15, 0.2) is 42.2 Å². The van der Waals surface area contributed by atoms with Crippen LogP contribution in [0.4, 0.5) is 5.69 Å². The van der Waals surface area contributed by atoms with Gasteiger partial charge in [0.25, 0.3) is 0 Å². The second kappa shape index (κ2) is 9.47. The van der Waals surface area contributed by atoms with E-state index < -0.39 is 11.2 Å². The smallest absolute Gasteiger partial charge is 0.223 e. The molecule has 1 amide bonds. The van der Waals surface area contributed by atoms with Crippen molar-refractivity contribution in [3.63, 3.8) is 0 Å². The Kier molecular flexibility index (Phi) is 6.20. The van der Waals surface area contributed by atoms with Crippen LogP contribution in [-0.4, -0.2) is 52.3 Å². The molecule has 6 rings (SSSR count). The summed E-state index contributed by atoms with van der Waals surface area (Å²) in [5.74, 6) is 0.659. The highest BCUT2D eigenvalue weighted by molar-refractivity contribution is 5.93. The van der Waals surface area contributed by atoms with Crippen LogP contribution in [-0.2, 0) is 37.4 Å². The van der Waals surface area contributed by atoms with E-state index in [1.807, 2.05) is 30.3 Å². The summed E-state index contributed by atoms with van der Waals surface area (Å²) in [4.78, 5) is 14.0. The van der Waals surface area contributed by atoms with Gasteiger partial charge in [0.05, 0.1) is 50.9 Å². The van der Waals surface area contributed by atoms with Crippen LogP contribution < -0.4 is 19.1 Å². The molecule has 204 valence electrons. The molecule has 2 fully saturated rings. The molecule has 2 aliphatic carbocycles. The summed E-state index contributed by atoms with van der Waals surface area (Å²) >= 11 is 0. The molecule has 0 radical (unpaired) electrons. The van der Waals surface area contributed by atoms with Gasteiger partial charge < -0.3 is 33.3 Å². The number of ether oxygens (including phenoxy) is 6. The number of benzene rings is 2. The van der Waals surface area contributed by atoms with Crippen LogP contribution in [0.25, 0.3) is 0 Å². The van der Waals surface area contributed by atoms with Crippen molar-refractivity contribution in [2.75, 3.05) is 39.4 Å². The van der Waals surface area contributed by atoms with Crippen molar-refractivity contribution < 1.29 is 33.2 Å². The van der Waals surface area contributed by atoms with Crippen LogP contribution in [0.5, 0.6) is 17.2 Å². The highest BCUT2D eigenvalue weighted by Crippen LogP contribution is 2.60. The average Bonchev–Trinajstić information content (AvgIpc) is 3.61. The molecule has 2 heterocycles. The van der Waals surface area contributed by atoms with Crippen LogP contribution >= 0.6 is 0 Å². The van der Waals surface area contributed by atoms with Gasteiger partial charge in [-0.2, -0.15) is 5.26 Å². The zero-order valence-electron chi connectivity index (χ0n) is 22.6. The zero-order chi connectivity index (χ0) is 27.4. The molecule has 9 heteroatoms. The Morgan fingerprint density at radius 3 is 2.56 bits per heavy atom. The third-order valence-electron chi connectivity index (χ3n) is 8.61. The summed E-state index contributed by atoms with van der Waals surface area (Å²) in [5, 5.41) is 10.7. The number of carbonyl (C=O) groups excluding carboxylic acids is 1. The lowest BCUT2D eigenvalue weighted by molar-refractivity contribution is -0.154. The number of carbonyl (C=O) groups is 1. The Hall–Kier alpha value is -3.74. The Morgan fingerprint density at radius 2 is 1.87 bits per heavy atom. The minimum Gasteiger partial charge on any atom is -0.497 e. The molecule has 39 heavy (non-hydrogen) atoms. The van der Waals surface area contributed by atoms with Crippen molar-refractivity contribution in [3.8, 4) is 23.3 Å². The van der Waals surface area contributed by atoms with E-state index in [4.69, 9.17) is 28.4 Å². The fourth-order valence-electron chi connectivity index (χ4n) is 6.59. The van der Waals surface area contributed by atoms with E-state index >= 15 is 0 Å². The number of amides is 1. The number of hydrogen-bond donors (Lipinski definition) is 0. The Labute approximate surface area is 227 Å². The van der Waals surface area contributed by atoms with Gasteiger partial charge in [0.2, 0.25) is 5.91 Å². The minimum absolute atomic E-state index is 0.120. The molecule has 9 nitrogen and oxygen atoms in total. The number of nitrogens with zero attached hydrogens (tertiary/aromatic N) is 2. The second-order valence-electron chi connectivity index (χ2n) is 10.5. The zero-order valence-corrected chi connectivity index (χ0v) is 22.6. The molecule has 3 unspecified atom stereocenters. The lowest BCUT2D eigenvalue weighted by Gasteiger charge is -2.49. The third kappa shape index (κ3) is 3.85. The van der Waals surface area contributed by atoms with E-state index in [9.17, 15) is 10.1 Å². The summed E-state index contributed by atoms with van der Waals surface area (Å²) in [6, 6.07) is 12.2. The second-order valence-corrected chi connectivity index (χ2v) is 10.5. The van der Waals surface area contributed by atoms with E-state index in [2.05, 4.69) is 6.07 Å². The first kappa shape index (κ1) is 25.5. The largest absolute Gasteiger partial charge is 0.497 e. The Balaban J connectivity index is 1.41. The van der Waals surface area contributed by atoms with Crippen LogP contribution in [0.3, 0.4) is 0 Å². The number of methoxy groups -OCH3 is 2. The van der Waals surface area contributed by atoms with Gasteiger partial charge in [0, 0.05) is 38.3 Å². The molecule has 4 aliphatic rings. The molecule has 3 atom stereocenters. The molecule has 2 aromatic rings. The molecule has 1 saturated heterocycles. The predicted octanol–water partition coefficient (Wildman–Crippen LogP) is 4.02. The minimum atomic E-state index is -0.824. The van der Waals surface area contributed by atoms with Crippen molar-refractivity contribution in [2.24, 2.45) is 5.92 Å². The highest BCUT2D eigenvalue weighted by Gasteiger charge is 2.63. The van der Waals surface area contributed by atoms with E-state index in [-0.39, 0.29) is 24.5 Å². The molecule has 0 bridgehead atoms. The lowest BCUT2D eigenvalue weighted by Crippen LogP contribution is -2.54. The maximum absolute atomic E-state index is 12.4. The number of nitriles is 1. The van der Waals surface area contributed by atoms with Crippen molar-refractivity contribution in [1.29, 1.82) is 5.26 Å². The average molecular weight is 533 g/mol. The fourth-order valence-corrected chi connectivity index (χ4v) is 6.59. The SMILES string of the molecule is COc1ccc(COc2cc3c(cc2N(C)C(C)=O)CC2OC=C4C2C3(C#N)CCC42OCCO2)cc1OC. The molecule has 2 aliphatic heterocycles. The number of fused-ring (bicyclic) bond motifs is 3. The normalized spacial score (nSPS) is 25.6. The van der Waals surface area contributed by atoms with Crippen LogP contribution in [0.2, 0.25) is 0 Å². The summed E-state index contributed by atoms with van der Waals surface area (Å²) in [6.07, 6.45) is 3.29. The van der Waals surface area contributed by atoms with Crippen molar-refractivity contribution >= 4 is 11.6 Å². The maximum atomic E-state index is 12.4. The first-order valence-corrected chi connectivity index (χ1v) is 13.2. The number of hydrogen-bond acceptors (Lipinski definition) is 8. The number of rotatable bonds is 6. The molecular formula is C30H32N2O7. The summed E-state index contributed by atoms with van der Waals surface area (Å²) < 4.78 is 35.5. The van der Waals surface area contributed by atoms with Gasteiger partial charge in [-0.25, -0.2) is 0 Å². The first-order valence-electron chi connectivity index (χ1n) is 13.2. The van der Waals surface area contributed by atoms with E-state index in [1.54, 1.807) is 32.4 Å². The summed E-state index contributed by atoms with van der Waals surface area (Å²) in [5.41, 5.74) is 3.52. The van der Waals surface area contributed by atoms with Crippen molar-refractivity contribution in [2.45, 2.75) is 50.1 Å². The van der Waals surface area contributed by atoms with E-state index in [0.29, 0.717) is 55.4 Å². The molecule has 1 saturated carbocycles. The Morgan fingerprint density at radius 1 is 1.10 bits per heavy atom. The van der Waals surface area contributed by atoms with Crippen molar-refractivity contribution in [3.05, 3.63) is 58.9 Å². The topological polar surface area (TPSA) is 99.5 Å². The lowest BCUT2D eigenvalue weighted by atomic mass is 9.54. The van der Waals surface area contributed by atoms with E-state index in [0.717, 1.165) is 22.3 Å². The molecule has 0 aromatic heterocycles. The van der Waals surface area contributed by atoms with Gasteiger partial charge in [-0.15, -0.1) is 0 Å². The van der Waals surface area contributed by atoms with Gasteiger partial charge in [-0.1, -0.05) is 6.07 Å². The van der Waals surface area contributed by atoms with Gasteiger partial charge >= 0.3 is 0 Å². The van der Waals surface area contributed by atoms with Gasteiger partial charge in [0.15, 0.2) is 17.3 Å². The maximum Gasteiger partial charge on any atom is 0.223 e. The summed E-state index contributed by atoms with van der Waals surface area (Å²) in [6.45, 7) is 2.81. The third-order valence-corrected chi connectivity index (χ3v) is 8.61. The molecule has 1 spiro atoms. The highest BCUT2D eigenvalue weighted by atomic mass is 16.7. The predicted molar refractivity (Wildman–Crippen MR) is 141 cm³/mol. The van der Waals surface area contributed by atoms with Crippen molar-refractivity contribution in [1.82, 2.24) is 0 Å². The summed E-state index contributed by atoms with van der Waals surface area (Å²) in [7, 11) is 4.91. The monoisotopic (exact) mass is 532 g/mol. The van der Waals surface area contributed by atoms with Gasteiger partial charge in [-0.05, 0) is 47.4 Å². The van der Waals surface area contributed by atoms with Crippen LogP contribution in [0.1, 0.15) is 36.5 Å². The molecule has 2 aromatic carbocycles. The molecule has 0 N–H and O–H groups in total. The van der Waals surface area contributed by atoms with E-state index in [1.165, 1.54) is 6.92 Å². The quantitative estimate of drug-likeness (QED) is 0.550. The van der Waals surface area contributed by atoms with Gasteiger partial charge in [0.1, 0.15) is 18.5 Å². The Bertz CT molecular complexity index is 1390. The van der Waals surface area contributed by atoms with Crippen LogP contribution in [0, 0.1) is 17.2 Å². The molecular weight excluding hydrogens is 500 g/mol. The van der Waals surface area contributed by atoms with Gasteiger partial charge in [-0.3, -0.25) is 4.79 Å². The standard InChI is InChI=1S/C30H32N2O7/c1-18(33)32(2)23-12-20-13-27-28-22(16-37-27)30(38-9-10-39-30)8-7-29(28,17-31)21(20)14-25(23)36-15-19-5-6-24(34-3)26(11-19)35-4/h5-6,11-12,14,16,27-28H,7-10,13,15H2,1-4H3. The number of anilines is 1. The fraction of sp³-hybridized carbons (Fsp3) is 0.467. The first-order chi connectivity index (χ1) is 18.9.